The van der Waals surface area contributed by atoms with E-state index in [4.69, 9.17) is 11.1 Å². The van der Waals surface area contributed by atoms with E-state index in [0.717, 1.165) is 0 Å². The zero-order valence-corrected chi connectivity index (χ0v) is 4.73. The molecule has 5 N–H and O–H groups in total. The van der Waals surface area contributed by atoms with Crippen molar-refractivity contribution >= 4 is 23.3 Å². The number of rotatable bonds is 0. The van der Waals surface area contributed by atoms with Crippen LogP contribution in [0.15, 0.2) is 0 Å². The van der Waals surface area contributed by atoms with Gasteiger partial charge in [-0.2, -0.15) is 0 Å². The monoisotopic (exact) mass is 133 g/mol. The van der Waals surface area contributed by atoms with Gasteiger partial charge in [0.05, 0.1) is 0 Å². The van der Waals surface area contributed by atoms with Crippen LogP contribution in [0, 0.1) is 10.6 Å². The minimum atomic E-state index is -0.697. The molecule has 0 saturated heterocycles. The van der Waals surface area contributed by atoms with Gasteiger partial charge in [-0.05, 0) is 12.2 Å². The highest BCUT2D eigenvalue weighted by molar-refractivity contribution is 7.80. The number of nitrogens with two attached hydrogens (primary N) is 2. The Labute approximate surface area is 51.3 Å². The van der Waals surface area contributed by atoms with E-state index in [1.54, 1.807) is 0 Å². The highest BCUT2D eigenvalue weighted by Gasteiger charge is 1.91. The first kappa shape index (κ1) is 7.12. The van der Waals surface area contributed by atoms with Crippen LogP contribution in [-0.2, 0) is 0 Å². The van der Waals surface area contributed by atoms with Gasteiger partial charge in [0, 0.05) is 0 Å². The van der Waals surface area contributed by atoms with Gasteiger partial charge >= 0.3 is 0 Å². The Morgan fingerprint density at radius 1 is 1.62 bits per heavy atom. The van der Waals surface area contributed by atoms with Crippen molar-refractivity contribution in [1.82, 2.24) is 5.06 Å². The van der Waals surface area contributed by atoms with E-state index in [-0.39, 0.29) is 5.06 Å². The predicted octanol–water partition coefficient (Wildman–Crippen LogP) is -1.08. The quantitative estimate of drug-likeness (QED) is 0.169. The summed E-state index contributed by atoms with van der Waals surface area (Å²) in [6.07, 6.45) is 0. The molecule has 0 aromatic carbocycles. The summed E-state index contributed by atoms with van der Waals surface area (Å²) in [6, 6.07) is 0. The fourth-order valence-corrected chi connectivity index (χ4v) is 0.217. The molecule has 0 saturated carbocycles. The third kappa shape index (κ3) is 1.71. The minimum Gasteiger partial charge on any atom is -0.750 e. The summed E-state index contributed by atoms with van der Waals surface area (Å²) >= 11 is 4.16. The lowest BCUT2D eigenvalue weighted by atomic mass is 10.9. The summed E-state index contributed by atoms with van der Waals surface area (Å²) in [5, 5.41) is 16.1. The van der Waals surface area contributed by atoms with Crippen molar-refractivity contribution in [3.8, 4) is 0 Å². The lowest BCUT2D eigenvalue weighted by Crippen LogP contribution is -2.39. The Kier molecular flexibility index (Phi) is 2.17. The summed E-state index contributed by atoms with van der Waals surface area (Å²) in [4.78, 5) is 0. The molecule has 0 spiro atoms. The number of hydroxylamine groups is 2. The number of guanidine groups is 1. The molecule has 46 valence electrons. The second-order valence-corrected chi connectivity index (χ2v) is 1.44. The van der Waals surface area contributed by atoms with Gasteiger partial charge < -0.3 is 21.7 Å². The van der Waals surface area contributed by atoms with Crippen molar-refractivity contribution in [1.29, 1.82) is 5.41 Å². The second kappa shape index (κ2) is 2.43. The molecular weight excluding hydrogens is 128 g/mol. The van der Waals surface area contributed by atoms with Crippen molar-refractivity contribution in [3.05, 3.63) is 5.21 Å². The first-order valence-corrected chi connectivity index (χ1v) is 2.07. The van der Waals surface area contributed by atoms with Crippen LogP contribution >= 0.6 is 12.2 Å². The Morgan fingerprint density at radius 2 is 2.00 bits per heavy atom. The maximum absolute atomic E-state index is 10.1. The van der Waals surface area contributed by atoms with Gasteiger partial charge in [-0.25, -0.2) is 0 Å². The molecule has 5 nitrogen and oxygen atoms in total. The number of nitrogens with one attached hydrogen (secondary N) is 1. The van der Waals surface area contributed by atoms with Gasteiger partial charge in [0.15, 0.2) is 11.1 Å². The van der Waals surface area contributed by atoms with E-state index < -0.39 is 11.1 Å². The third-order valence-corrected chi connectivity index (χ3v) is 0.585. The highest BCUT2D eigenvalue weighted by atomic mass is 32.1. The second-order valence-electron chi connectivity index (χ2n) is 1.02. The molecule has 0 aromatic rings. The van der Waals surface area contributed by atoms with Crippen molar-refractivity contribution in [2.24, 2.45) is 11.5 Å². The van der Waals surface area contributed by atoms with Gasteiger partial charge in [-0.15, -0.1) is 0 Å². The van der Waals surface area contributed by atoms with Crippen LogP contribution < -0.4 is 11.5 Å². The van der Waals surface area contributed by atoms with Crippen LogP contribution in [-0.4, -0.2) is 16.1 Å². The molecule has 0 aliphatic carbocycles. The van der Waals surface area contributed by atoms with Crippen LogP contribution in [0.25, 0.3) is 0 Å². The predicted molar refractivity (Wildman–Crippen MR) is 33.9 cm³/mol. The molecule has 8 heavy (non-hydrogen) atoms. The van der Waals surface area contributed by atoms with Crippen LogP contribution in [0.2, 0.25) is 0 Å². The molecule has 0 aromatic heterocycles. The molecule has 0 amide bonds. The van der Waals surface area contributed by atoms with Crippen LogP contribution in [0.5, 0.6) is 0 Å². The Bertz CT molecular complexity index is 109. The minimum absolute atomic E-state index is 0.0463. The summed E-state index contributed by atoms with van der Waals surface area (Å²) in [6.45, 7) is 0. The first-order valence-electron chi connectivity index (χ1n) is 1.66. The van der Waals surface area contributed by atoms with E-state index in [1.165, 1.54) is 0 Å². The average Bonchev–Trinajstić information content (AvgIpc) is 1.64. The van der Waals surface area contributed by atoms with Gasteiger partial charge in [0.1, 0.15) is 0 Å². The molecule has 0 atom stereocenters. The summed E-state index contributed by atoms with van der Waals surface area (Å²) in [7, 11) is 0. The molecule has 0 aliphatic rings. The standard InChI is InChI=1S/C2H5N4OS/c3-1(4)6(7)2(5)8/h(H3,3,4)(H2,5,8)/q-1. The lowest BCUT2D eigenvalue weighted by molar-refractivity contribution is 0.818. The largest absolute Gasteiger partial charge is 0.750 e. The van der Waals surface area contributed by atoms with E-state index in [9.17, 15) is 5.21 Å². The smallest absolute Gasteiger partial charge is 0.183 e. The zero-order valence-electron chi connectivity index (χ0n) is 3.92. The number of hydrogen-bond donors (Lipinski definition) is 3. The Hall–Kier alpha value is -0.880. The van der Waals surface area contributed by atoms with E-state index in [2.05, 4.69) is 18.0 Å². The third-order valence-electron chi connectivity index (χ3n) is 0.419. The molecule has 0 radical (unpaired) electrons. The van der Waals surface area contributed by atoms with Gasteiger partial charge in [-0.3, -0.25) is 5.41 Å². The summed E-state index contributed by atoms with van der Waals surface area (Å²) in [5.74, 6) is -0.697. The first-order chi connectivity index (χ1) is 3.55. The average molecular weight is 133 g/mol. The molecule has 0 bridgehead atoms. The normalized spacial score (nSPS) is 8.12. The Morgan fingerprint density at radius 3 is 2.00 bits per heavy atom. The molecule has 0 fully saturated rings. The number of thiocarbonyl (C=S) groups is 1. The number of hydrogen-bond acceptors (Lipinski definition) is 3. The van der Waals surface area contributed by atoms with Gasteiger partial charge in [0.25, 0.3) is 0 Å². The van der Waals surface area contributed by atoms with E-state index in [0.29, 0.717) is 0 Å². The molecule has 0 aliphatic heterocycles. The van der Waals surface area contributed by atoms with Gasteiger partial charge in [-0.1, -0.05) is 0 Å². The topological polar surface area (TPSA) is 102 Å². The molecule has 0 unspecified atom stereocenters. The van der Waals surface area contributed by atoms with Crippen molar-refractivity contribution < 1.29 is 0 Å². The SMILES string of the molecule is N=C(N)N([O-])C(N)=S. The lowest BCUT2D eigenvalue weighted by Gasteiger charge is -2.25. The fourth-order valence-electron chi connectivity index (χ4n) is 0.119. The maximum Gasteiger partial charge on any atom is 0.183 e. The van der Waals surface area contributed by atoms with E-state index >= 15 is 0 Å². The fraction of sp³-hybridized carbons (Fsp3) is 0. The Balaban J connectivity index is 3.83. The van der Waals surface area contributed by atoms with Crippen molar-refractivity contribution in [2.45, 2.75) is 0 Å². The zero-order chi connectivity index (χ0) is 6.73. The molecule has 0 heterocycles. The van der Waals surface area contributed by atoms with Crippen molar-refractivity contribution in [2.75, 3.05) is 0 Å². The number of nitrogens with zero attached hydrogens (tertiary/aromatic N) is 1. The van der Waals surface area contributed by atoms with Crippen LogP contribution in [0.3, 0.4) is 0 Å². The van der Waals surface area contributed by atoms with E-state index in [1.807, 2.05) is 0 Å². The molecular formula is C2H5N4OS-. The highest BCUT2D eigenvalue weighted by Crippen LogP contribution is 1.78. The molecule has 0 rings (SSSR count). The van der Waals surface area contributed by atoms with Crippen molar-refractivity contribution in [3.63, 3.8) is 0 Å². The van der Waals surface area contributed by atoms with Gasteiger partial charge in [0.2, 0.25) is 0 Å². The maximum atomic E-state index is 10.1. The molecule has 6 heteroatoms. The summed E-state index contributed by atoms with van der Waals surface area (Å²) in [5.41, 5.74) is 9.43. The van der Waals surface area contributed by atoms with Crippen LogP contribution in [0.4, 0.5) is 0 Å². The van der Waals surface area contributed by atoms with Crippen LogP contribution in [0.1, 0.15) is 0 Å². The summed E-state index contributed by atoms with van der Waals surface area (Å²) < 4.78 is 0.